The van der Waals surface area contributed by atoms with E-state index in [9.17, 15) is 0 Å². The summed E-state index contributed by atoms with van der Waals surface area (Å²) < 4.78 is 12.9. The van der Waals surface area contributed by atoms with Gasteiger partial charge in [0.15, 0.2) is 0 Å². The van der Waals surface area contributed by atoms with Crippen molar-refractivity contribution in [1.82, 2.24) is 29.6 Å². The molecule has 0 radical (unpaired) electrons. The molecule has 1 fully saturated rings. The minimum Gasteiger partial charge on any atom is -0.468 e. The lowest BCUT2D eigenvalue weighted by atomic mass is 10.2. The second kappa shape index (κ2) is 6.81. The maximum Gasteiger partial charge on any atom is 0.244 e. The lowest BCUT2D eigenvalue weighted by Gasteiger charge is -2.19. The van der Waals surface area contributed by atoms with E-state index in [1.807, 2.05) is 35.0 Å². The van der Waals surface area contributed by atoms with Crippen molar-refractivity contribution in [2.75, 3.05) is 6.54 Å². The van der Waals surface area contributed by atoms with Gasteiger partial charge in [0.2, 0.25) is 11.7 Å². The number of pyridine rings is 1. The van der Waals surface area contributed by atoms with Crippen LogP contribution in [0.5, 0.6) is 0 Å². The molecule has 0 bridgehead atoms. The first-order valence-corrected chi connectivity index (χ1v) is 8.91. The van der Waals surface area contributed by atoms with Crippen LogP contribution in [0.4, 0.5) is 0 Å². The van der Waals surface area contributed by atoms with E-state index in [1.54, 1.807) is 25.0 Å². The van der Waals surface area contributed by atoms with Crippen LogP contribution in [0.3, 0.4) is 0 Å². The van der Waals surface area contributed by atoms with Gasteiger partial charge in [0.25, 0.3) is 0 Å². The van der Waals surface area contributed by atoms with Crippen LogP contribution in [0, 0.1) is 0 Å². The average Bonchev–Trinajstić information content (AvgIpc) is 3.48. The largest absolute Gasteiger partial charge is 0.468 e. The summed E-state index contributed by atoms with van der Waals surface area (Å²) in [6.07, 6.45) is 10.8. The molecule has 1 aliphatic heterocycles. The lowest BCUT2D eigenvalue weighted by Crippen LogP contribution is -2.22. The summed E-state index contributed by atoms with van der Waals surface area (Å²) >= 11 is 0. The third-order valence-electron chi connectivity index (χ3n) is 4.80. The molecule has 0 aliphatic carbocycles. The molecule has 136 valence electrons. The molecule has 1 atom stereocenters. The van der Waals surface area contributed by atoms with Crippen LogP contribution < -0.4 is 0 Å². The summed E-state index contributed by atoms with van der Waals surface area (Å²) in [5, 5.41) is 4.16. The van der Waals surface area contributed by atoms with E-state index in [0.29, 0.717) is 11.7 Å². The predicted octanol–water partition coefficient (Wildman–Crippen LogP) is 3.25. The Morgan fingerprint density at radius 2 is 2.22 bits per heavy atom. The van der Waals surface area contributed by atoms with Gasteiger partial charge in [-0.3, -0.25) is 9.47 Å². The Morgan fingerprint density at radius 1 is 1.22 bits per heavy atom. The molecule has 4 aromatic heterocycles. The minimum atomic E-state index is 0.120. The van der Waals surface area contributed by atoms with Gasteiger partial charge >= 0.3 is 0 Å². The Bertz CT molecular complexity index is 991. The second-order valence-electron chi connectivity index (χ2n) is 6.54. The molecule has 1 aliphatic rings. The van der Waals surface area contributed by atoms with Crippen LogP contribution in [0.25, 0.3) is 17.2 Å². The molecule has 5 heterocycles. The highest BCUT2D eigenvalue weighted by atomic mass is 16.5. The fraction of sp³-hybridized carbons (Fsp3) is 0.263. The number of furan rings is 1. The van der Waals surface area contributed by atoms with Crippen molar-refractivity contribution in [3.05, 3.63) is 67.1 Å². The van der Waals surface area contributed by atoms with E-state index in [2.05, 4.69) is 25.0 Å². The smallest absolute Gasteiger partial charge is 0.244 e. The number of rotatable bonds is 5. The van der Waals surface area contributed by atoms with Crippen molar-refractivity contribution in [3.63, 3.8) is 0 Å². The van der Waals surface area contributed by atoms with Gasteiger partial charge in [-0.2, -0.15) is 4.98 Å². The summed E-state index contributed by atoms with van der Waals surface area (Å²) in [4.78, 5) is 15.4. The maximum atomic E-state index is 5.58. The fourth-order valence-electron chi connectivity index (χ4n) is 3.45. The molecule has 0 amide bonds. The van der Waals surface area contributed by atoms with Crippen LogP contribution in [0.2, 0.25) is 0 Å². The Labute approximate surface area is 155 Å². The Balaban J connectivity index is 1.34. The van der Waals surface area contributed by atoms with E-state index in [1.165, 1.54) is 0 Å². The van der Waals surface area contributed by atoms with Crippen LogP contribution >= 0.6 is 0 Å². The van der Waals surface area contributed by atoms with E-state index in [0.717, 1.165) is 43.1 Å². The number of nitrogens with zero attached hydrogens (tertiary/aromatic N) is 6. The van der Waals surface area contributed by atoms with E-state index in [4.69, 9.17) is 8.94 Å². The predicted molar refractivity (Wildman–Crippen MR) is 95.7 cm³/mol. The maximum absolute atomic E-state index is 5.58. The van der Waals surface area contributed by atoms with Gasteiger partial charge in [0.05, 0.1) is 18.8 Å². The molecule has 5 rings (SSSR count). The zero-order chi connectivity index (χ0) is 18.1. The van der Waals surface area contributed by atoms with Gasteiger partial charge in [-0.1, -0.05) is 5.16 Å². The van der Waals surface area contributed by atoms with E-state index < -0.39 is 0 Å². The third-order valence-corrected chi connectivity index (χ3v) is 4.80. The molecule has 8 nitrogen and oxygen atoms in total. The zero-order valence-electron chi connectivity index (χ0n) is 14.6. The van der Waals surface area contributed by atoms with Gasteiger partial charge in [0.1, 0.15) is 17.9 Å². The highest BCUT2D eigenvalue weighted by Gasteiger charge is 2.31. The van der Waals surface area contributed by atoms with Gasteiger partial charge < -0.3 is 8.94 Å². The average molecular weight is 362 g/mol. The molecular weight excluding hydrogens is 344 g/mol. The monoisotopic (exact) mass is 362 g/mol. The summed E-state index contributed by atoms with van der Waals surface area (Å²) in [5.41, 5.74) is 0.824. The summed E-state index contributed by atoms with van der Waals surface area (Å²) in [6, 6.07) is 7.86. The summed E-state index contributed by atoms with van der Waals surface area (Å²) in [6.45, 7) is 1.74. The van der Waals surface area contributed by atoms with Crippen molar-refractivity contribution in [1.29, 1.82) is 0 Å². The first kappa shape index (κ1) is 16.0. The van der Waals surface area contributed by atoms with E-state index >= 15 is 0 Å². The van der Waals surface area contributed by atoms with Crippen molar-refractivity contribution in [2.45, 2.75) is 25.4 Å². The standard InChI is InChI=1S/C19H18N6O2/c1-4-16(24(8-1)12-15-3-2-10-26-15)19-22-18(23-27-19)14-5-6-17(21-11-14)25-9-7-20-13-25/h2-3,5-7,9-11,13,16H,1,4,8,12H2/t16-/m0/s1. The molecular formula is C19H18N6O2. The number of aromatic nitrogens is 5. The molecule has 0 aromatic carbocycles. The van der Waals surface area contributed by atoms with Crippen LogP contribution in [-0.4, -0.2) is 36.1 Å². The SMILES string of the molecule is c1coc(CN2CCC[C@H]2c2nc(-c3ccc(-n4ccnc4)nc3)no2)c1. The molecule has 0 spiro atoms. The highest BCUT2D eigenvalue weighted by molar-refractivity contribution is 5.53. The highest BCUT2D eigenvalue weighted by Crippen LogP contribution is 2.33. The molecule has 0 saturated carbocycles. The minimum absolute atomic E-state index is 0.120. The van der Waals surface area contributed by atoms with Crippen LogP contribution in [0.15, 0.2) is 64.4 Å². The first-order valence-electron chi connectivity index (χ1n) is 8.91. The Morgan fingerprint density at radius 3 is 3.00 bits per heavy atom. The third kappa shape index (κ3) is 3.15. The number of imidazole rings is 1. The molecule has 1 saturated heterocycles. The van der Waals surface area contributed by atoms with Crippen molar-refractivity contribution >= 4 is 0 Å². The number of hydrogen-bond donors (Lipinski definition) is 0. The molecule has 4 aromatic rings. The fourth-order valence-corrected chi connectivity index (χ4v) is 3.45. The Kier molecular flexibility index (Phi) is 4.02. The molecule has 0 unspecified atom stereocenters. The second-order valence-corrected chi connectivity index (χ2v) is 6.54. The summed E-state index contributed by atoms with van der Waals surface area (Å²) in [7, 11) is 0. The van der Waals surface area contributed by atoms with E-state index in [-0.39, 0.29) is 6.04 Å². The number of hydrogen-bond acceptors (Lipinski definition) is 7. The molecule has 0 N–H and O–H groups in total. The van der Waals surface area contributed by atoms with Crippen molar-refractivity contribution in [2.24, 2.45) is 0 Å². The molecule has 27 heavy (non-hydrogen) atoms. The zero-order valence-corrected chi connectivity index (χ0v) is 14.6. The van der Waals surface area contributed by atoms with Gasteiger partial charge in [-0.25, -0.2) is 9.97 Å². The normalized spacial score (nSPS) is 17.6. The van der Waals surface area contributed by atoms with Gasteiger partial charge in [-0.15, -0.1) is 0 Å². The summed E-state index contributed by atoms with van der Waals surface area (Å²) in [5.74, 6) is 2.94. The van der Waals surface area contributed by atoms with Crippen LogP contribution in [-0.2, 0) is 6.54 Å². The van der Waals surface area contributed by atoms with Crippen LogP contribution in [0.1, 0.15) is 30.5 Å². The van der Waals surface area contributed by atoms with Crippen molar-refractivity contribution in [3.8, 4) is 17.2 Å². The topological polar surface area (TPSA) is 86.0 Å². The quantitative estimate of drug-likeness (QED) is 0.538. The molecule has 8 heteroatoms. The first-order chi connectivity index (χ1) is 13.4. The number of likely N-dealkylation sites (tertiary alicyclic amines) is 1. The van der Waals surface area contributed by atoms with Gasteiger partial charge in [0, 0.05) is 24.2 Å². The Hall–Kier alpha value is -3.26. The lowest BCUT2D eigenvalue weighted by molar-refractivity contribution is 0.188. The van der Waals surface area contributed by atoms with Gasteiger partial charge in [-0.05, 0) is 43.7 Å². The van der Waals surface area contributed by atoms with Crippen molar-refractivity contribution < 1.29 is 8.94 Å².